The normalized spacial score (nSPS) is 18.7. The van der Waals surface area contributed by atoms with Gasteiger partial charge in [0.05, 0.1) is 36.5 Å². The average Bonchev–Trinajstić information content (AvgIpc) is 3.24. The van der Waals surface area contributed by atoms with Crippen LogP contribution in [0.2, 0.25) is 0 Å². The van der Waals surface area contributed by atoms with E-state index in [0.717, 1.165) is 35.1 Å². The predicted molar refractivity (Wildman–Crippen MR) is 127 cm³/mol. The topological polar surface area (TPSA) is 100 Å². The van der Waals surface area contributed by atoms with E-state index < -0.39 is 6.10 Å². The van der Waals surface area contributed by atoms with Crippen LogP contribution in [0.5, 0.6) is 5.75 Å². The highest BCUT2D eigenvalue weighted by Crippen LogP contribution is 2.30. The van der Waals surface area contributed by atoms with Gasteiger partial charge in [-0.2, -0.15) is 0 Å². The highest BCUT2D eigenvalue weighted by Gasteiger charge is 2.28. The van der Waals surface area contributed by atoms with Crippen LogP contribution in [0, 0.1) is 5.41 Å². The summed E-state index contributed by atoms with van der Waals surface area (Å²) in [4.78, 5) is 17.7. The predicted octanol–water partition coefficient (Wildman–Crippen LogP) is 3.29. The molecule has 2 atom stereocenters. The zero-order valence-corrected chi connectivity index (χ0v) is 18.3. The maximum absolute atomic E-state index is 13.2. The van der Waals surface area contributed by atoms with E-state index in [1.54, 1.807) is 37.3 Å². The Morgan fingerprint density at radius 2 is 2.09 bits per heavy atom. The first kappa shape index (κ1) is 21.8. The van der Waals surface area contributed by atoms with Gasteiger partial charge >= 0.3 is 0 Å². The first-order valence-electron chi connectivity index (χ1n) is 10.8. The molecule has 1 aromatic heterocycles. The van der Waals surface area contributed by atoms with Crippen molar-refractivity contribution in [3.63, 3.8) is 0 Å². The molecule has 0 saturated heterocycles. The molecule has 0 aliphatic heterocycles. The molecule has 0 spiro atoms. The average molecular weight is 433 g/mol. The van der Waals surface area contributed by atoms with E-state index in [2.05, 4.69) is 10.3 Å². The summed E-state index contributed by atoms with van der Waals surface area (Å²) in [6.07, 6.45) is 7.13. The van der Waals surface area contributed by atoms with E-state index in [0.29, 0.717) is 29.5 Å². The highest BCUT2D eigenvalue weighted by molar-refractivity contribution is 6.08. The highest BCUT2D eigenvalue weighted by atomic mass is 16.5. The van der Waals surface area contributed by atoms with Crippen LogP contribution >= 0.6 is 0 Å². The van der Waals surface area contributed by atoms with Crippen LogP contribution < -0.4 is 15.6 Å². The van der Waals surface area contributed by atoms with Crippen molar-refractivity contribution < 1.29 is 9.84 Å². The van der Waals surface area contributed by atoms with Crippen LogP contribution in [0.1, 0.15) is 42.0 Å². The van der Waals surface area contributed by atoms with Gasteiger partial charge < -0.3 is 20.6 Å². The summed E-state index contributed by atoms with van der Waals surface area (Å²) in [6.45, 7) is 0. The third-order valence-electron chi connectivity index (χ3n) is 6.12. The number of nitrogens with zero attached hydrogens (tertiary/aromatic N) is 2. The van der Waals surface area contributed by atoms with E-state index in [-0.39, 0.29) is 11.6 Å². The maximum atomic E-state index is 13.2. The molecule has 7 nitrogen and oxygen atoms in total. The Kier molecular flexibility index (Phi) is 6.37. The number of nitrogens with one attached hydrogen (secondary N) is 2. The molecule has 0 amide bonds. The molecule has 1 aliphatic carbocycles. The van der Waals surface area contributed by atoms with E-state index in [1.165, 1.54) is 6.21 Å². The summed E-state index contributed by atoms with van der Waals surface area (Å²) >= 11 is 0. The Balaban J connectivity index is 1.70. The number of allylic oxidation sites excluding steroid dienone is 1. The number of hydrogen-bond donors (Lipinski definition) is 3. The number of methoxy groups -OCH3 is 1. The molecular weight excluding hydrogens is 404 g/mol. The zero-order chi connectivity index (χ0) is 22.7. The number of rotatable bonds is 7. The summed E-state index contributed by atoms with van der Waals surface area (Å²) in [5.41, 5.74) is 4.16. The fourth-order valence-corrected chi connectivity index (χ4v) is 4.42. The van der Waals surface area contributed by atoms with Crippen molar-refractivity contribution in [1.29, 1.82) is 5.41 Å². The summed E-state index contributed by atoms with van der Waals surface area (Å²) in [5.74, 6) is 0.683. The van der Waals surface area contributed by atoms with Gasteiger partial charge in [0, 0.05) is 37.5 Å². The van der Waals surface area contributed by atoms with Gasteiger partial charge in [-0.25, -0.2) is 4.98 Å². The van der Waals surface area contributed by atoms with Crippen LogP contribution in [0.3, 0.4) is 0 Å². The minimum Gasteiger partial charge on any atom is -0.496 e. The molecule has 1 fully saturated rings. The van der Waals surface area contributed by atoms with Crippen molar-refractivity contribution in [3.8, 4) is 5.75 Å². The van der Waals surface area contributed by atoms with E-state index in [9.17, 15) is 9.90 Å². The third kappa shape index (κ3) is 4.16. The van der Waals surface area contributed by atoms with Crippen LogP contribution in [-0.2, 0) is 6.42 Å². The van der Waals surface area contributed by atoms with Gasteiger partial charge in [0.15, 0.2) is 0 Å². The smallest absolute Gasteiger partial charge is 0.261 e. The number of aliphatic hydroxyl groups excluding tert-OH is 1. The molecular formula is C25H28N4O3. The quantitative estimate of drug-likeness (QED) is 0.498. The second kappa shape index (κ2) is 9.36. The molecule has 1 aliphatic rings. The van der Waals surface area contributed by atoms with Crippen molar-refractivity contribution in [3.05, 3.63) is 76.0 Å². The van der Waals surface area contributed by atoms with E-state index in [1.807, 2.05) is 30.3 Å². The van der Waals surface area contributed by atoms with Crippen LogP contribution in [0.4, 0.5) is 0 Å². The Hall–Kier alpha value is -3.45. The lowest BCUT2D eigenvalue weighted by atomic mass is 9.99. The Morgan fingerprint density at radius 1 is 1.31 bits per heavy atom. The molecule has 7 heteroatoms. The number of benzene rings is 2. The molecule has 0 radical (unpaired) electrons. The molecule has 0 unspecified atom stereocenters. The molecule has 3 aromatic rings. The second-order valence-electron chi connectivity index (χ2n) is 8.11. The van der Waals surface area contributed by atoms with Gasteiger partial charge in [-0.3, -0.25) is 9.36 Å². The first-order valence-corrected chi connectivity index (χ1v) is 10.8. The van der Waals surface area contributed by atoms with Crippen LogP contribution in [0.15, 0.2) is 53.7 Å². The summed E-state index contributed by atoms with van der Waals surface area (Å²) in [6, 6.07) is 11.4. The molecule has 0 bridgehead atoms. The molecule has 2 aromatic carbocycles. The fraction of sp³-hybridized carbons (Fsp3) is 0.320. The summed E-state index contributed by atoms with van der Waals surface area (Å²) < 4.78 is 7.17. The molecule has 4 rings (SSSR count). The largest absolute Gasteiger partial charge is 0.496 e. The summed E-state index contributed by atoms with van der Waals surface area (Å²) in [7, 11) is 3.42. The lowest BCUT2D eigenvalue weighted by Gasteiger charge is -2.18. The standard InChI is InChI=1S/C25H28N4O3/c1-27-14-19(13-26)17-8-6-16(7-9-17)10-18-11-20-21(12-24(18)32-2)28-15-29(25(20)31)22-4-3-5-23(22)30/h6-9,11-15,22-23,26-27,30H,3-5,10H2,1-2H3/b19-14+,26-13?/t22-,23-/m0/s1. The van der Waals surface area contributed by atoms with E-state index in [4.69, 9.17) is 10.1 Å². The van der Waals surface area contributed by atoms with Gasteiger partial charge in [-0.15, -0.1) is 0 Å². The number of hydrogen-bond acceptors (Lipinski definition) is 6. The second-order valence-corrected chi connectivity index (χ2v) is 8.11. The van der Waals surface area contributed by atoms with Crippen molar-refractivity contribution in [2.75, 3.05) is 14.2 Å². The van der Waals surface area contributed by atoms with Gasteiger partial charge in [0.2, 0.25) is 0 Å². The number of aromatic nitrogens is 2. The van der Waals surface area contributed by atoms with Crippen molar-refractivity contribution in [1.82, 2.24) is 14.9 Å². The Labute approximate surface area is 186 Å². The number of ether oxygens (including phenoxy) is 1. The van der Waals surface area contributed by atoms with Crippen LogP contribution in [0.25, 0.3) is 16.5 Å². The summed E-state index contributed by atoms with van der Waals surface area (Å²) in [5, 5.41) is 21.3. The minimum absolute atomic E-state index is 0.131. The van der Waals surface area contributed by atoms with Gasteiger partial charge in [0.25, 0.3) is 5.56 Å². The van der Waals surface area contributed by atoms with Gasteiger partial charge in [-0.1, -0.05) is 24.3 Å². The Morgan fingerprint density at radius 3 is 2.72 bits per heavy atom. The van der Waals surface area contributed by atoms with Gasteiger partial charge in [-0.05, 0) is 42.0 Å². The minimum atomic E-state index is -0.508. The van der Waals surface area contributed by atoms with Crippen molar-refractivity contribution in [2.45, 2.75) is 37.8 Å². The monoisotopic (exact) mass is 432 g/mol. The molecule has 1 heterocycles. The van der Waals surface area contributed by atoms with Crippen molar-refractivity contribution >= 4 is 22.7 Å². The third-order valence-corrected chi connectivity index (χ3v) is 6.12. The maximum Gasteiger partial charge on any atom is 0.261 e. The van der Waals surface area contributed by atoms with Crippen LogP contribution in [-0.4, -0.2) is 41.1 Å². The van der Waals surface area contributed by atoms with Gasteiger partial charge in [0.1, 0.15) is 5.75 Å². The zero-order valence-electron chi connectivity index (χ0n) is 18.3. The molecule has 32 heavy (non-hydrogen) atoms. The molecule has 3 N–H and O–H groups in total. The first-order chi connectivity index (χ1) is 15.5. The van der Waals surface area contributed by atoms with Crippen molar-refractivity contribution in [2.24, 2.45) is 0 Å². The fourth-order valence-electron chi connectivity index (χ4n) is 4.42. The number of fused-ring (bicyclic) bond motifs is 1. The molecule has 166 valence electrons. The molecule has 1 saturated carbocycles. The Bertz CT molecular complexity index is 1210. The SMILES string of the molecule is CN/C=C(\C=N)c1ccc(Cc2cc3c(=O)n([C@H]4CCC[C@@H]4O)cnc3cc2OC)cc1. The lowest BCUT2D eigenvalue weighted by Crippen LogP contribution is -2.29. The van der Waals surface area contributed by atoms with E-state index >= 15 is 0 Å². The number of aliphatic hydroxyl groups is 1. The lowest BCUT2D eigenvalue weighted by molar-refractivity contribution is 0.134.